The largest absolute Gasteiger partial charge is 0.379 e. The number of pyridine rings is 1. The molecule has 0 radical (unpaired) electrons. The highest BCUT2D eigenvalue weighted by molar-refractivity contribution is 9.10. The van der Waals surface area contributed by atoms with Crippen molar-refractivity contribution in [3.05, 3.63) is 21.9 Å². The summed E-state index contributed by atoms with van der Waals surface area (Å²) >= 11 is 8.92. The Kier molecular flexibility index (Phi) is 6.39. The standard InChI is InChI=1S/C12H17BrClN3O3S/c13-11-8-10(9-15-12(11)14)21(18,19)16-2-1-3-17-4-6-20-7-5-17/h8-9,16H,1-7H2. The number of nitrogens with zero attached hydrogens (tertiary/aromatic N) is 2. The van der Waals surface area contributed by atoms with Crippen LogP contribution in [0.15, 0.2) is 21.6 Å². The molecule has 2 rings (SSSR count). The number of rotatable bonds is 6. The number of hydrogen-bond donors (Lipinski definition) is 1. The molecule has 9 heteroatoms. The van der Waals surface area contributed by atoms with Gasteiger partial charge in [0.25, 0.3) is 0 Å². The minimum Gasteiger partial charge on any atom is -0.379 e. The Morgan fingerprint density at radius 3 is 2.81 bits per heavy atom. The Bertz CT molecular complexity index is 579. The molecule has 0 atom stereocenters. The van der Waals surface area contributed by atoms with Crippen molar-refractivity contribution in [1.29, 1.82) is 0 Å². The molecule has 1 aromatic heterocycles. The molecule has 2 heterocycles. The first kappa shape index (κ1) is 17.1. The second-order valence-corrected chi connectivity index (χ2v) is 7.63. The molecule has 21 heavy (non-hydrogen) atoms. The monoisotopic (exact) mass is 397 g/mol. The number of ether oxygens (including phenoxy) is 1. The molecular formula is C12H17BrClN3O3S. The molecule has 1 fully saturated rings. The highest BCUT2D eigenvalue weighted by Crippen LogP contribution is 2.22. The van der Waals surface area contributed by atoms with E-state index in [1.54, 1.807) is 0 Å². The highest BCUT2D eigenvalue weighted by atomic mass is 79.9. The van der Waals surface area contributed by atoms with Crippen molar-refractivity contribution in [3.8, 4) is 0 Å². The van der Waals surface area contributed by atoms with E-state index in [-0.39, 0.29) is 10.0 Å². The summed E-state index contributed by atoms with van der Waals surface area (Å²) < 4.78 is 32.5. The van der Waals surface area contributed by atoms with Gasteiger partial charge in [-0.3, -0.25) is 4.90 Å². The van der Waals surface area contributed by atoms with E-state index in [4.69, 9.17) is 16.3 Å². The lowest BCUT2D eigenvalue weighted by Gasteiger charge is -2.26. The van der Waals surface area contributed by atoms with Crippen molar-refractivity contribution >= 4 is 37.6 Å². The Labute approximate surface area is 138 Å². The zero-order valence-electron chi connectivity index (χ0n) is 11.4. The number of sulfonamides is 1. The quantitative estimate of drug-likeness (QED) is 0.581. The molecule has 0 aromatic carbocycles. The molecule has 1 aliphatic heterocycles. The van der Waals surface area contributed by atoms with Crippen molar-refractivity contribution in [3.63, 3.8) is 0 Å². The predicted molar refractivity (Wildman–Crippen MR) is 84.0 cm³/mol. The van der Waals surface area contributed by atoms with Gasteiger partial charge in [-0.25, -0.2) is 18.1 Å². The van der Waals surface area contributed by atoms with Gasteiger partial charge in [-0.05, 0) is 35.0 Å². The van der Waals surface area contributed by atoms with Crippen LogP contribution < -0.4 is 4.72 Å². The van der Waals surface area contributed by atoms with Gasteiger partial charge in [0.1, 0.15) is 10.0 Å². The summed E-state index contributed by atoms with van der Waals surface area (Å²) in [6, 6.07) is 1.44. The van der Waals surface area contributed by atoms with Crippen LogP contribution in [0.4, 0.5) is 0 Å². The Hall–Kier alpha value is -0.250. The molecule has 118 valence electrons. The van der Waals surface area contributed by atoms with E-state index in [0.29, 0.717) is 11.0 Å². The highest BCUT2D eigenvalue weighted by Gasteiger charge is 2.16. The molecule has 0 aliphatic carbocycles. The van der Waals surface area contributed by atoms with Gasteiger partial charge in [0.05, 0.1) is 17.7 Å². The maximum Gasteiger partial charge on any atom is 0.242 e. The van der Waals surface area contributed by atoms with Gasteiger partial charge < -0.3 is 4.74 Å². The van der Waals surface area contributed by atoms with Crippen LogP contribution in [-0.2, 0) is 14.8 Å². The number of halogens is 2. The SMILES string of the molecule is O=S(=O)(NCCCN1CCOCC1)c1cnc(Cl)c(Br)c1. The lowest BCUT2D eigenvalue weighted by molar-refractivity contribution is 0.0376. The smallest absolute Gasteiger partial charge is 0.242 e. The summed E-state index contributed by atoms with van der Waals surface area (Å²) in [5, 5.41) is 0.237. The summed E-state index contributed by atoms with van der Waals surface area (Å²) in [6.07, 6.45) is 2.00. The topological polar surface area (TPSA) is 71.5 Å². The van der Waals surface area contributed by atoms with E-state index in [2.05, 4.69) is 30.5 Å². The number of hydrogen-bond acceptors (Lipinski definition) is 5. The predicted octanol–water partition coefficient (Wildman–Crippen LogP) is 1.50. The van der Waals surface area contributed by atoms with Gasteiger partial charge in [-0.1, -0.05) is 11.6 Å². The molecule has 1 aliphatic rings. The maximum absolute atomic E-state index is 12.1. The van der Waals surface area contributed by atoms with Gasteiger partial charge in [0, 0.05) is 25.8 Å². The Balaban J connectivity index is 1.82. The molecule has 0 unspecified atom stereocenters. The van der Waals surface area contributed by atoms with Crippen LogP contribution in [0.5, 0.6) is 0 Å². The third-order valence-electron chi connectivity index (χ3n) is 3.13. The van der Waals surface area contributed by atoms with E-state index in [1.165, 1.54) is 12.3 Å². The van der Waals surface area contributed by atoms with Crippen LogP contribution in [0.25, 0.3) is 0 Å². The first-order chi connectivity index (χ1) is 9.99. The molecule has 0 bridgehead atoms. The van der Waals surface area contributed by atoms with Crippen LogP contribution in [0.1, 0.15) is 6.42 Å². The van der Waals surface area contributed by atoms with E-state index in [9.17, 15) is 8.42 Å². The molecule has 0 amide bonds. The zero-order chi connectivity index (χ0) is 15.3. The third-order valence-corrected chi connectivity index (χ3v) is 5.69. The van der Waals surface area contributed by atoms with Gasteiger partial charge in [0.15, 0.2) is 0 Å². The third kappa shape index (κ3) is 5.15. The molecular weight excluding hydrogens is 382 g/mol. The van der Waals surface area contributed by atoms with Crippen molar-refractivity contribution in [2.75, 3.05) is 39.4 Å². The van der Waals surface area contributed by atoms with Gasteiger partial charge >= 0.3 is 0 Å². The second-order valence-electron chi connectivity index (χ2n) is 4.65. The number of morpholine rings is 1. The summed E-state index contributed by atoms with van der Waals surface area (Å²) in [7, 11) is -3.55. The molecule has 1 N–H and O–H groups in total. The molecule has 0 spiro atoms. The van der Waals surface area contributed by atoms with Gasteiger partial charge in [-0.2, -0.15) is 0 Å². The first-order valence-electron chi connectivity index (χ1n) is 6.60. The summed E-state index contributed by atoms with van der Waals surface area (Å²) in [5.74, 6) is 0. The first-order valence-corrected chi connectivity index (χ1v) is 9.25. The summed E-state index contributed by atoms with van der Waals surface area (Å²) in [6.45, 7) is 4.54. The summed E-state index contributed by atoms with van der Waals surface area (Å²) in [4.78, 5) is 6.19. The lowest BCUT2D eigenvalue weighted by atomic mass is 10.3. The van der Waals surface area contributed by atoms with Crippen LogP contribution in [0.3, 0.4) is 0 Å². The second kappa shape index (κ2) is 7.85. The average molecular weight is 399 g/mol. The minimum absolute atomic E-state index is 0.102. The maximum atomic E-state index is 12.1. The minimum atomic E-state index is -3.55. The van der Waals surface area contributed by atoms with Crippen molar-refractivity contribution in [1.82, 2.24) is 14.6 Å². The molecule has 0 saturated carbocycles. The van der Waals surface area contributed by atoms with Crippen molar-refractivity contribution in [2.45, 2.75) is 11.3 Å². The van der Waals surface area contributed by atoms with Crippen LogP contribution in [0, 0.1) is 0 Å². The zero-order valence-corrected chi connectivity index (χ0v) is 14.5. The van der Waals surface area contributed by atoms with E-state index < -0.39 is 10.0 Å². The lowest BCUT2D eigenvalue weighted by Crippen LogP contribution is -2.38. The van der Waals surface area contributed by atoms with Gasteiger partial charge in [-0.15, -0.1) is 0 Å². The fraction of sp³-hybridized carbons (Fsp3) is 0.583. The average Bonchev–Trinajstić information content (AvgIpc) is 2.47. The molecule has 6 nitrogen and oxygen atoms in total. The van der Waals surface area contributed by atoms with E-state index >= 15 is 0 Å². The fourth-order valence-corrected chi connectivity index (χ4v) is 3.62. The Morgan fingerprint density at radius 2 is 2.14 bits per heavy atom. The van der Waals surface area contributed by atoms with Crippen molar-refractivity contribution < 1.29 is 13.2 Å². The van der Waals surface area contributed by atoms with Gasteiger partial charge in [0.2, 0.25) is 10.0 Å². The van der Waals surface area contributed by atoms with Crippen LogP contribution >= 0.6 is 27.5 Å². The van der Waals surface area contributed by atoms with Crippen molar-refractivity contribution in [2.24, 2.45) is 0 Å². The van der Waals surface area contributed by atoms with E-state index in [0.717, 1.165) is 39.3 Å². The van der Waals surface area contributed by atoms with Crippen LogP contribution in [-0.4, -0.2) is 57.7 Å². The van der Waals surface area contributed by atoms with Crippen LogP contribution in [0.2, 0.25) is 5.15 Å². The molecule has 1 saturated heterocycles. The number of nitrogens with one attached hydrogen (secondary N) is 1. The number of aromatic nitrogens is 1. The molecule has 1 aromatic rings. The normalized spacial score (nSPS) is 17.0. The van der Waals surface area contributed by atoms with E-state index in [1.807, 2.05) is 0 Å². The fourth-order valence-electron chi connectivity index (χ4n) is 1.97. The Morgan fingerprint density at radius 1 is 1.43 bits per heavy atom. The summed E-state index contributed by atoms with van der Waals surface area (Å²) in [5.41, 5.74) is 0.